The fourth-order valence-corrected chi connectivity index (χ4v) is 4.87. The number of rotatable bonds is 8. The van der Waals surface area contributed by atoms with Crippen LogP contribution in [-0.2, 0) is 26.9 Å². The third-order valence-electron chi connectivity index (χ3n) is 4.91. The second-order valence-electron chi connectivity index (χ2n) is 7.20. The fourth-order valence-electron chi connectivity index (χ4n) is 3.30. The van der Waals surface area contributed by atoms with Crippen LogP contribution in [0.2, 0.25) is 0 Å². The van der Waals surface area contributed by atoms with E-state index in [4.69, 9.17) is 0 Å². The Morgan fingerprint density at radius 2 is 1.90 bits per heavy atom. The Labute approximate surface area is 170 Å². The van der Waals surface area contributed by atoms with Crippen LogP contribution in [0.15, 0.2) is 59.6 Å². The summed E-state index contributed by atoms with van der Waals surface area (Å²) in [5, 5.41) is 0.563. The molecule has 0 atom stereocenters. The van der Waals surface area contributed by atoms with Gasteiger partial charge in [0.15, 0.2) is 9.84 Å². The van der Waals surface area contributed by atoms with Crippen molar-refractivity contribution in [2.24, 2.45) is 0 Å². The van der Waals surface area contributed by atoms with Gasteiger partial charge in [0.05, 0.1) is 10.6 Å². The van der Waals surface area contributed by atoms with E-state index in [9.17, 15) is 17.6 Å². The summed E-state index contributed by atoms with van der Waals surface area (Å²) in [7, 11) is -1.96. The maximum absolute atomic E-state index is 13.5. The number of hydrogen-bond donors (Lipinski definition) is 0. The predicted molar refractivity (Wildman–Crippen MR) is 112 cm³/mol. The molecule has 29 heavy (non-hydrogen) atoms. The van der Waals surface area contributed by atoms with Gasteiger partial charge >= 0.3 is 0 Å². The monoisotopic (exact) mass is 416 g/mol. The van der Waals surface area contributed by atoms with Gasteiger partial charge in [-0.1, -0.05) is 43.7 Å². The second-order valence-corrected chi connectivity index (χ2v) is 9.15. The lowest BCUT2D eigenvalue weighted by Crippen LogP contribution is -2.30. The predicted octanol–water partition coefficient (Wildman–Crippen LogP) is 4.01. The average Bonchev–Trinajstić information content (AvgIpc) is 3.05. The topological polar surface area (TPSA) is 59.4 Å². The van der Waals surface area contributed by atoms with Crippen molar-refractivity contribution in [2.45, 2.75) is 37.0 Å². The number of para-hydroxylation sites is 1. The highest BCUT2D eigenvalue weighted by Gasteiger charge is 2.23. The van der Waals surface area contributed by atoms with Crippen LogP contribution in [0.3, 0.4) is 0 Å². The minimum atomic E-state index is -3.72. The quantitative estimate of drug-likeness (QED) is 0.557. The van der Waals surface area contributed by atoms with Crippen LogP contribution in [0, 0.1) is 5.82 Å². The molecule has 0 N–H and O–H groups in total. The molecule has 0 aliphatic heterocycles. The highest BCUT2D eigenvalue weighted by atomic mass is 32.2. The summed E-state index contributed by atoms with van der Waals surface area (Å²) < 4.78 is 41.3. The van der Waals surface area contributed by atoms with E-state index in [0.29, 0.717) is 23.0 Å². The first kappa shape index (κ1) is 21.0. The van der Waals surface area contributed by atoms with E-state index in [1.807, 2.05) is 6.07 Å². The normalized spacial score (nSPS) is 11.7. The molecule has 0 saturated heterocycles. The van der Waals surface area contributed by atoms with Crippen molar-refractivity contribution in [3.63, 3.8) is 0 Å². The van der Waals surface area contributed by atoms with Gasteiger partial charge in [-0.3, -0.25) is 4.79 Å². The summed E-state index contributed by atoms with van der Waals surface area (Å²) >= 11 is 0. The molecule has 3 rings (SSSR count). The van der Waals surface area contributed by atoms with E-state index in [1.165, 1.54) is 24.4 Å². The van der Waals surface area contributed by atoms with Crippen molar-refractivity contribution in [1.82, 2.24) is 9.47 Å². The number of carbonyl (C=O) groups excluding carboxylic acids is 1. The summed E-state index contributed by atoms with van der Waals surface area (Å²) in [4.78, 5) is 14.4. The Bertz CT molecular complexity index is 1120. The summed E-state index contributed by atoms with van der Waals surface area (Å²) in [6.45, 7) is 2.79. The Morgan fingerprint density at radius 3 is 2.62 bits per heavy atom. The van der Waals surface area contributed by atoms with Gasteiger partial charge in [0.1, 0.15) is 12.4 Å². The van der Waals surface area contributed by atoms with Crippen molar-refractivity contribution < 1.29 is 17.6 Å². The number of halogens is 1. The lowest BCUT2D eigenvalue weighted by molar-refractivity contribution is -0.130. The van der Waals surface area contributed by atoms with Crippen LogP contribution < -0.4 is 0 Å². The van der Waals surface area contributed by atoms with E-state index in [-0.39, 0.29) is 23.1 Å². The molecule has 0 aliphatic rings. The molecule has 1 amide bonds. The van der Waals surface area contributed by atoms with Crippen LogP contribution in [0.4, 0.5) is 4.39 Å². The van der Waals surface area contributed by atoms with Gasteiger partial charge in [0.2, 0.25) is 5.91 Å². The minimum absolute atomic E-state index is 0.0657. The molecule has 0 bridgehead atoms. The highest BCUT2D eigenvalue weighted by Crippen LogP contribution is 2.28. The molecule has 154 valence electrons. The van der Waals surface area contributed by atoms with Crippen LogP contribution in [-0.4, -0.2) is 37.4 Å². The summed E-state index contributed by atoms with van der Waals surface area (Å²) in [5.41, 5.74) is 1.07. The Balaban J connectivity index is 1.94. The first-order chi connectivity index (χ1) is 13.8. The summed E-state index contributed by atoms with van der Waals surface area (Å²) in [6.07, 6.45) is 3.43. The van der Waals surface area contributed by atoms with Gasteiger partial charge in [-0.15, -0.1) is 0 Å². The van der Waals surface area contributed by atoms with Gasteiger partial charge in [-0.25, -0.2) is 12.8 Å². The van der Waals surface area contributed by atoms with Crippen LogP contribution >= 0.6 is 0 Å². The molecular weight excluding hydrogens is 391 g/mol. The second kappa shape index (κ2) is 8.78. The molecular formula is C22H25FN2O3S. The average molecular weight is 417 g/mol. The molecule has 0 spiro atoms. The van der Waals surface area contributed by atoms with Gasteiger partial charge in [-0.2, -0.15) is 0 Å². The van der Waals surface area contributed by atoms with E-state index >= 15 is 0 Å². The maximum atomic E-state index is 13.5. The SMILES string of the molecule is CCCCN(C)C(=O)Cn1cc(S(=O)(=O)Cc2cccc(F)c2)c2ccccc21. The van der Waals surface area contributed by atoms with E-state index in [0.717, 1.165) is 12.8 Å². The Hall–Kier alpha value is -2.67. The number of unbranched alkanes of at least 4 members (excludes halogenated alkanes) is 1. The highest BCUT2D eigenvalue weighted by molar-refractivity contribution is 7.90. The van der Waals surface area contributed by atoms with E-state index in [2.05, 4.69) is 6.92 Å². The maximum Gasteiger partial charge on any atom is 0.242 e. The number of benzene rings is 2. The number of amides is 1. The Morgan fingerprint density at radius 1 is 1.14 bits per heavy atom. The third kappa shape index (κ3) is 4.85. The third-order valence-corrected chi connectivity index (χ3v) is 6.62. The molecule has 1 heterocycles. The number of sulfone groups is 1. The number of hydrogen-bond acceptors (Lipinski definition) is 3. The van der Waals surface area contributed by atoms with Crippen molar-refractivity contribution in [3.05, 3.63) is 66.1 Å². The first-order valence-corrected chi connectivity index (χ1v) is 11.3. The molecule has 2 aromatic carbocycles. The zero-order chi connectivity index (χ0) is 21.0. The van der Waals surface area contributed by atoms with Crippen LogP contribution in [0.1, 0.15) is 25.3 Å². The van der Waals surface area contributed by atoms with Gasteiger partial charge in [-0.05, 0) is 30.2 Å². The molecule has 7 heteroatoms. The minimum Gasteiger partial charge on any atom is -0.344 e. The molecule has 0 unspecified atom stereocenters. The standard InChI is InChI=1S/C22H25FN2O3S/c1-3-4-12-24(2)22(26)15-25-14-21(19-10-5-6-11-20(19)25)29(27,28)16-17-8-7-9-18(23)13-17/h5-11,13-14H,3-4,12,15-16H2,1-2H3. The van der Waals surface area contributed by atoms with Gasteiger partial charge in [0.25, 0.3) is 0 Å². The lowest BCUT2D eigenvalue weighted by Gasteiger charge is -2.17. The molecule has 0 fully saturated rings. The van der Waals surface area contributed by atoms with Crippen molar-refractivity contribution in [2.75, 3.05) is 13.6 Å². The van der Waals surface area contributed by atoms with Crippen LogP contribution in [0.25, 0.3) is 10.9 Å². The van der Waals surface area contributed by atoms with Gasteiger partial charge < -0.3 is 9.47 Å². The number of likely N-dealkylation sites (N-methyl/N-ethyl adjacent to an activating group) is 1. The fraction of sp³-hybridized carbons (Fsp3) is 0.318. The molecule has 0 aliphatic carbocycles. The lowest BCUT2D eigenvalue weighted by atomic mass is 10.2. The summed E-state index contributed by atoms with van der Waals surface area (Å²) in [5.74, 6) is -0.850. The van der Waals surface area contributed by atoms with Crippen molar-refractivity contribution in [3.8, 4) is 0 Å². The van der Waals surface area contributed by atoms with Crippen molar-refractivity contribution >= 4 is 26.6 Å². The molecule has 1 aromatic heterocycles. The first-order valence-electron chi connectivity index (χ1n) is 9.61. The number of carbonyl (C=O) groups is 1. The summed E-state index contributed by atoms with van der Waals surface area (Å²) in [6, 6.07) is 12.7. The molecule has 0 saturated carbocycles. The largest absolute Gasteiger partial charge is 0.344 e. The van der Waals surface area contributed by atoms with Crippen LogP contribution in [0.5, 0.6) is 0 Å². The zero-order valence-corrected chi connectivity index (χ0v) is 17.5. The smallest absolute Gasteiger partial charge is 0.242 e. The van der Waals surface area contributed by atoms with Gasteiger partial charge in [0, 0.05) is 30.7 Å². The number of fused-ring (bicyclic) bond motifs is 1. The number of aromatic nitrogens is 1. The molecule has 3 aromatic rings. The van der Waals surface area contributed by atoms with E-state index < -0.39 is 15.7 Å². The van der Waals surface area contributed by atoms with Crippen molar-refractivity contribution in [1.29, 1.82) is 0 Å². The van der Waals surface area contributed by atoms with E-state index in [1.54, 1.807) is 40.8 Å². The Kier molecular flexibility index (Phi) is 6.37. The number of nitrogens with zero attached hydrogens (tertiary/aromatic N) is 2. The zero-order valence-electron chi connectivity index (χ0n) is 16.6. The molecule has 0 radical (unpaired) electrons. The molecule has 5 nitrogen and oxygen atoms in total.